The predicted octanol–water partition coefficient (Wildman–Crippen LogP) is 4.63. The minimum Gasteiger partial charge on any atom is -0.275 e. The van der Waals surface area contributed by atoms with Gasteiger partial charge >= 0.3 is 0 Å². The van der Waals surface area contributed by atoms with Crippen molar-refractivity contribution in [2.45, 2.75) is 6.92 Å². The zero-order valence-electron chi connectivity index (χ0n) is 11.8. The Kier molecular flexibility index (Phi) is 3.32. The van der Waals surface area contributed by atoms with E-state index in [1.165, 1.54) is 9.75 Å². The van der Waals surface area contributed by atoms with Crippen LogP contribution in [-0.4, -0.2) is 20.2 Å². The van der Waals surface area contributed by atoms with Gasteiger partial charge in [0.2, 0.25) is 0 Å². The molecule has 108 valence electrons. The largest absolute Gasteiger partial charge is 0.275 e. The first-order valence-electron chi connectivity index (χ1n) is 6.78. The maximum atomic E-state index is 4.54. The first-order valence-corrected chi connectivity index (χ1v) is 8.48. The maximum Gasteiger partial charge on any atom is 0.141 e. The number of hydrogen-bond acceptors (Lipinski definition) is 5. The molecule has 0 unspecified atom stereocenters. The summed E-state index contributed by atoms with van der Waals surface area (Å²) in [5.41, 5.74) is 3.75. The zero-order valence-corrected chi connectivity index (χ0v) is 13.4. The van der Waals surface area contributed by atoms with Crippen molar-refractivity contribution in [2.24, 2.45) is 0 Å². The van der Waals surface area contributed by atoms with Crippen LogP contribution in [0.1, 0.15) is 4.88 Å². The van der Waals surface area contributed by atoms with Crippen molar-refractivity contribution in [1.29, 1.82) is 0 Å². The van der Waals surface area contributed by atoms with E-state index < -0.39 is 0 Å². The molecule has 22 heavy (non-hydrogen) atoms. The zero-order chi connectivity index (χ0) is 14.9. The molecule has 0 atom stereocenters. The van der Waals surface area contributed by atoms with E-state index in [0.29, 0.717) is 0 Å². The van der Waals surface area contributed by atoms with Crippen molar-refractivity contribution in [2.75, 3.05) is 0 Å². The molecule has 4 rings (SSSR count). The molecule has 1 N–H and O–H groups in total. The average molecular weight is 324 g/mol. The van der Waals surface area contributed by atoms with Crippen molar-refractivity contribution >= 4 is 22.7 Å². The molecular formula is C16H12N4S2. The molecule has 4 nitrogen and oxygen atoms in total. The summed E-state index contributed by atoms with van der Waals surface area (Å²) in [7, 11) is 0. The highest BCUT2D eigenvalue weighted by atomic mass is 32.1. The lowest BCUT2D eigenvalue weighted by molar-refractivity contribution is 1.09. The molecule has 4 aromatic rings. The van der Waals surface area contributed by atoms with E-state index in [0.717, 1.165) is 27.7 Å². The Bertz CT molecular complexity index is 889. The fraction of sp³-hybridized carbons (Fsp3) is 0.0625. The minimum atomic E-state index is 0.833. The Morgan fingerprint density at radius 2 is 2.00 bits per heavy atom. The quantitative estimate of drug-likeness (QED) is 0.597. The SMILES string of the molecule is Cc1ccc(-c2ccc(-c3cc(-c4nccs4)[nH]n3)nc2)s1. The summed E-state index contributed by atoms with van der Waals surface area (Å²) in [6.45, 7) is 2.11. The van der Waals surface area contributed by atoms with E-state index in [4.69, 9.17) is 0 Å². The Morgan fingerprint density at radius 3 is 2.68 bits per heavy atom. The summed E-state index contributed by atoms with van der Waals surface area (Å²) in [4.78, 5) is 11.4. The van der Waals surface area contributed by atoms with E-state index >= 15 is 0 Å². The molecule has 0 spiro atoms. The Labute approximate surface area is 135 Å². The highest BCUT2D eigenvalue weighted by Crippen LogP contribution is 2.29. The summed E-state index contributed by atoms with van der Waals surface area (Å²) in [6.07, 6.45) is 3.69. The number of nitrogens with zero attached hydrogens (tertiary/aromatic N) is 3. The molecule has 0 bridgehead atoms. The summed E-state index contributed by atoms with van der Waals surface area (Å²) in [6, 6.07) is 10.3. The van der Waals surface area contributed by atoms with Crippen molar-refractivity contribution < 1.29 is 0 Å². The van der Waals surface area contributed by atoms with Crippen LogP contribution >= 0.6 is 22.7 Å². The Balaban J connectivity index is 1.63. The first-order chi connectivity index (χ1) is 10.8. The highest BCUT2D eigenvalue weighted by Gasteiger charge is 2.09. The van der Waals surface area contributed by atoms with Gasteiger partial charge in [0.25, 0.3) is 0 Å². The molecule has 0 saturated heterocycles. The number of pyridine rings is 1. The van der Waals surface area contributed by atoms with Crippen LogP contribution in [-0.2, 0) is 0 Å². The van der Waals surface area contributed by atoms with Gasteiger partial charge in [-0.1, -0.05) is 0 Å². The van der Waals surface area contributed by atoms with Crippen molar-refractivity contribution in [3.63, 3.8) is 0 Å². The van der Waals surface area contributed by atoms with E-state index in [-0.39, 0.29) is 0 Å². The molecule has 0 radical (unpaired) electrons. The van der Waals surface area contributed by atoms with Gasteiger partial charge in [-0.3, -0.25) is 10.1 Å². The van der Waals surface area contributed by atoms with Crippen LogP contribution in [0.4, 0.5) is 0 Å². The minimum absolute atomic E-state index is 0.833. The number of H-pyrrole nitrogens is 1. The predicted molar refractivity (Wildman–Crippen MR) is 91.0 cm³/mol. The average Bonchev–Trinajstić information content (AvgIpc) is 3.28. The number of aromatic amines is 1. The molecular weight excluding hydrogens is 312 g/mol. The second kappa shape index (κ2) is 5.47. The number of hydrogen-bond donors (Lipinski definition) is 1. The molecule has 0 saturated carbocycles. The Morgan fingerprint density at radius 1 is 1.05 bits per heavy atom. The smallest absolute Gasteiger partial charge is 0.141 e. The van der Waals surface area contributed by atoms with Gasteiger partial charge in [-0.25, -0.2) is 4.98 Å². The van der Waals surface area contributed by atoms with Gasteiger partial charge in [0.1, 0.15) is 10.7 Å². The van der Waals surface area contributed by atoms with Crippen LogP contribution in [0.3, 0.4) is 0 Å². The van der Waals surface area contributed by atoms with E-state index in [9.17, 15) is 0 Å². The normalized spacial score (nSPS) is 11.0. The summed E-state index contributed by atoms with van der Waals surface area (Å²) < 4.78 is 0. The van der Waals surface area contributed by atoms with Gasteiger partial charge < -0.3 is 0 Å². The molecule has 0 aliphatic carbocycles. The number of rotatable bonds is 3. The first kappa shape index (κ1) is 13.4. The van der Waals surface area contributed by atoms with Gasteiger partial charge in [-0.15, -0.1) is 22.7 Å². The molecule has 0 aliphatic heterocycles. The number of nitrogens with one attached hydrogen (secondary N) is 1. The van der Waals surface area contributed by atoms with Crippen molar-refractivity contribution in [3.05, 3.63) is 53.0 Å². The van der Waals surface area contributed by atoms with Crippen LogP contribution in [0.15, 0.2) is 48.1 Å². The van der Waals surface area contributed by atoms with Crippen LogP contribution < -0.4 is 0 Å². The monoisotopic (exact) mass is 324 g/mol. The van der Waals surface area contributed by atoms with Crippen molar-refractivity contribution in [3.8, 4) is 32.5 Å². The standard InChI is InChI=1S/C16H12N4S2/c1-10-2-5-15(22-10)11-3-4-12(18-9-11)13-8-14(20-19-13)16-17-6-7-21-16/h2-9H,1H3,(H,19,20). The topological polar surface area (TPSA) is 54.5 Å². The highest BCUT2D eigenvalue weighted by molar-refractivity contribution is 7.15. The molecule has 4 heterocycles. The van der Waals surface area contributed by atoms with Crippen LogP contribution in [0.25, 0.3) is 32.5 Å². The molecule has 4 aromatic heterocycles. The van der Waals surface area contributed by atoms with E-state index in [1.54, 1.807) is 28.9 Å². The third-order valence-corrected chi connectivity index (χ3v) is 5.15. The maximum absolute atomic E-state index is 4.54. The lowest BCUT2D eigenvalue weighted by Crippen LogP contribution is -1.84. The van der Waals surface area contributed by atoms with E-state index in [2.05, 4.69) is 45.3 Å². The van der Waals surface area contributed by atoms with Crippen molar-refractivity contribution in [1.82, 2.24) is 20.2 Å². The van der Waals surface area contributed by atoms with E-state index in [1.807, 2.05) is 23.7 Å². The third-order valence-electron chi connectivity index (χ3n) is 3.29. The van der Waals surface area contributed by atoms with Crippen LogP contribution in [0.5, 0.6) is 0 Å². The molecule has 0 fully saturated rings. The molecule has 0 aromatic carbocycles. The molecule has 0 aliphatic rings. The number of aromatic nitrogens is 4. The Hall–Kier alpha value is -2.31. The second-order valence-corrected chi connectivity index (χ2v) is 7.03. The van der Waals surface area contributed by atoms with Gasteiger partial charge in [0.05, 0.1) is 11.4 Å². The fourth-order valence-electron chi connectivity index (χ4n) is 2.20. The van der Waals surface area contributed by atoms with Gasteiger partial charge in [0, 0.05) is 33.1 Å². The lowest BCUT2D eigenvalue weighted by atomic mass is 10.2. The summed E-state index contributed by atoms with van der Waals surface area (Å²) in [5.74, 6) is 0. The number of thiazole rings is 1. The molecule has 6 heteroatoms. The van der Waals surface area contributed by atoms with Crippen LogP contribution in [0.2, 0.25) is 0 Å². The van der Waals surface area contributed by atoms with Gasteiger partial charge in [-0.05, 0) is 37.3 Å². The fourth-order valence-corrected chi connectivity index (χ4v) is 3.66. The number of thiophene rings is 1. The van der Waals surface area contributed by atoms with Crippen LogP contribution in [0, 0.1) is 6.92 Å². The summed E-state index contributed by atoms with van der Waals surface area (Å²) in [5, 5.41) is 10.2. The van der Waals surface area contributed by atoms with Gasteiger partial charge in [-0.2, -0.15) is 5.10 Å². The lowest BCUT2D eigenvalue weighted by Gasteiger charge is -1.99. The third kappa shape index (κ3) is 2.47. The second-order valence-electron chi connectivity index (χ2n) is 4.85. The summed E-state index contributed by atoms with van der Waals surface area (Å²) >= 11 is 3.36. The number of aryl methyl sites for hydroxylation is 1. The molecule has 0 amide bonds. The van der Waals surface area contributed by atoms with Gasteiger partial charge in [0.15, 0.2) is 0 Å².